The van der Waals surface area contributed by atoms with Gasteiger partial charge in [-0.2, -0.15) is 0 Å². The molecule has 2 aromatic rings. The van der Waals surface area contributed by atoms with Gasteiger partial charge in [0, 0.05) is 17.1 Å². The molecule has 0 atom stereocenters. The van der Waals surface area contributed by atoms with Crippen LogP contribution in [0, 0.1) is 12.7 Å². The third-order valence-electron chi connectivity index (χ3n) is 2.84. The number of nitrogens with one attached hydrogen (secondary N) is 1. The molecule has 2 aromatic carbocycles. The van der Waals surface area contributed by atoms with Crippen LogP contribution in [0.5, 0.6) is 0 Å². The fourth-order valence-electron chi connectivity index (χ4n) is 1.76. The predicted octanol–water partition coefficient (Wildman–Crippen LogP) is 3.31. The number of nitrogens with two attached hydrogens (primary N) is 2. The van der Waals surface area contributed by atoms with Gasteiger partial charge in [0.1, 0.15) is 5.82 Å². The lowest BCUT2D eigenvalue weighted by atomic mass is 10.1. The van der Waals surface area contributed by atoms with Gasteiger partial charge >= 0.3 is 0 Å². The highest BCUT2D eigenvalue weighted by molar-refractivity contribution is 9.10. The molecule has 0 heterocycles. The van der Waals surface area contributed by atoms with Crippen molar-refractivity contribution in [1.82, 2.24) is 0 Å². The summed E-state index contributed by atoms with van der Waals surface area (Å²) in [5.74, 6) is -0.753. The molecule has 0 saturated heterocycles. The number of carbonyl (C=O) groups excluding carboxylic acids is 1. The maximum absolute atomic E-state index is 13.3. The maximum Gasteiger partial charge on any atom is 0.257 e. The van der Waals surface area contributed by atoms with Gasteiger partial charge in [-0.3, -0.25) is 4.79 Å². The maximum atomic E-state index is 13.3. The highest BCUT2D eigenvalue weighted by Crippen LogP contribution is 2.25. The fourth-order valence-corrected chi connectivity index (χ4v) is 2.10. The molecule has 5 N–H and O–H groups in total. The molecule has 0 spiro atoms. The molecule has 0 aliphatic rings. The molecule has 4 nitrogen and oxygen atoms in total. The van der Waals surface area contributed by atoms with Gasteiger partial charge in [0.05, 0.1) is 10.0 Å². The zero-order valence-electron chi connectivity index (χ0n) is 10.7. The van der Waals surface area contributed by atoms with Crippen molar-refractivity contribution in [3.05, 3.63) is 51.7 Å². The average molecular weight is 338 g/mol. The Kier molecular flexibility index (Phi) is 3.94. The second-order valence-electron chi connectivity index (χ2n) is 4.38. The van der Waals surface area contributed by atoms with E-state index >= 15 is 0 Å². The molecule has 0 radical (unpaired) electrons. The van der Waals surface area contributed by atoms with E-state index in [1.807, 2.05) is 0 Å². The Labute approximate surface area is 124 Å². The number of nitrogen functional groups attached to an aromatic ring is 2. The van der Waals surface area contributed by atoms with Crippen LogP contribution in [-0.4, -0.2) is 5.91 Å². The van der Waals surface area contributed by atoms with Crippen molar-refractivity contribution in [3.8, 4) is 0 Å². The summed E-state index contributed by atoms with van der Waals surface area (Å²) in [6.45, 7) is 1.71. The first-order valence-electron chi connectivity index (χ1n) is 5.80. The van der Waals surface area contributed by atoms with E-state index in [2.05, 4.69) is 21.2 Å². The van der Waals surface area contributed by atoms with Crippen molar-refractivity contribution in [2.45, 2.75) is 6.92 Å². The molecule has 0 bridgehead atoms. The lowest BCUT2D eigenvalue weighted by molar-refractivity contribution is 0.102. The lowest BCUT2D eigenvalue weighted by Crippen LogP contribution is -2.15. The summed E-state index contributed by atoms with van der Waals surface area (Å²) >= 11 is 3.08. The number of anilines is 3. The van der Waals surface area contributed by atoms with Crippen LogP contribution < -0.4 is 16.8 Å². The molecule has 0 aliphatic carbocycles. The van der Waals surface area contributed by atoms with E-state index in [1.54, 1.807) is 19.1 Å². The Morgan fingerprint density at radius 2 is 1.95 bits per heavy atom. The molecule has 2 rings (SSSR count). The Morgan fingerprint density at radius 1 is 1.25 bits per heavy atom. The zero-order valence-corrected chi connectivity index (χ0v) is 12.3. The third kappa shape index (κ3) is 2.91. The molecule has 0 unspecified atom stereocenters. The van der Waals surface area contributed by atoms with Crippen LogP contribution in [0.25, 0.3) is 0 Å². The number of carbonyl (C=O) groups is 1. The highest BCUT2D eigenvalue weighted by Gasteiger charge is 2.13. The van der Waals surface area contributed by atoms with Crippen molar-refractivity contribution in [1.29, 1.82) is 0 Å². The molecular weight excluding hydrogens is 325 g/mol. The monoisotopic (exact) mass is 337 g/mol. The topological polar surface area (TPSA) is 81.1 Å². The van der Waals surface area contributed by atoms with Gasteiger partial charge < -0.3 is 16.8 Å². The van der Waals surface area contributed by atoms with E-state index in [0.717, 1.165) is 0 Å². The predicted molar refractivity (Wildman–Crippen MR) is 82.1 cm³/mol. The molecule has 0 fully saturated rings. The van der Waals surface area contributed by atoms with Crippen LogP contribution in [0.4, 0.5) is 21.5 Å². The van der Waals surface area contributed by atoms with Gasteiger partial charge in [0.15, 0.2) is 0 Å². The van der Waals surface area contributed by atoms with Gasteiger partial charge in [-0.25, -0.2) is 4.39 Å². The molecule has 0 aliphatic heterocycles. The Balaban J connectivity index is 2.30. The SMILES string of the molecule is Cc1cc(F)c(Br)cc1NC(=O)c1ccc(N)cc1N. The quantitative estimate of drug-likeness (QED) is 0.735. The molecule has 104 valence electrons. The van der Waals surface area contributed by atoms with Gasteiger partial charge in [-0.05, 0) is 58.7 Å². The number of hydrogen-bond acceptors (Lipinski definition) is 3. The summed E-state index contributed by atoms with van der Waals surface area (Å²) in [7, 11) is 0. The number of benzene rings is 2. The first kappa shape index (κ1) is 14.3. The first-order chi connectivity index (χ1) is 9.38. The van der Waals surface area contributed by atoms with Gasteiger partial charge in [0.25, 0.3) is 5.91 Å². The normalized spacial score (nSPS) is 10.3. The van der Waals surface area contributed by atoms with Crippen LogP contribution in [0.3, 0.4) is 0 Å². The number of aryl methyl sites for hydroxylation is 1. The lowest BCUT2D eigenvalue weighted by Gasteiger charge is -2.11. The summed E-state index contributed by atoms with van der Waals surface area (Å²) in [6, 6.07) is 7.51. The van der Waals surface area contributed by atoms with E-state index in [0.29, 0.717) is 28.2 Å². The number of rotatable bonds is 2. The summed E-state index contributed by atoms with van der Waals surface area (Å²) in [6.07, 6.45) is 0. The molecule has 1 amide bonds. The number of halogens is 2. The first-order valence-corrected chi connectivity index (χ1v) is 6.60. The molecular formula is C14H13BrFN3O. The number of amides is 1. The summed E-state index contributed by atoms with van der Waals surface area (Å²) in [4.78, 5) is 12.2. The fraction of sp³-hybridized carbons (Fsp3) is 0.0714. The minimum absolute atomic E-state index is 0.281. The number of hydrogen-bond donors (Lipinski definition) is 3. The van der Waals surface area contributed by atoms with E-state index < -0.39 is 0 Å². The highest BCUT2D eigenvalue weighted by atomic mass is 79.9. The van der Waals surface area contributed by atoms with Gasteiger partial charge in [-0.1, -0.05) is 0 Å². The molecule has 6 heteroatoms. The van der Waals surface area contributed by atoms with E-state index in [4.69, 9.17) is 11.5 Å². The van der Waals surface area contributed by atoms with Crippen LogP contribution in [-0.2, 0) is 0 Å². The van der Waals surface area contributed by atoms with Crippen molar-refractivity contribution >= 4 is 38.9 Å². The van der Waals surface area contributed by atoms with E-state index in [1.165, 1.54) is 18.2 Å². The van der Waals surface area contributed by atoms with Crippen LogP contribution in [0.15, 0.2) is 34.8 Å². The van der Waals surface area contributed by atoms with Crippen molar-refractivity contribution in [2.75, 3.05) is 16.8 Å². The molecule has 0 saturated carbocycles. The Bertz CT molecular complexity index is 688. The Hall–Kier alpha value is -2.08. The second kappa shape index (κ2) is 5.50. The standard InChI is InChI=1S/C14H13BrFN3O/c1-7-4-11(16)10(15)6-13(7)19-14(20)9-3-2-8(17)5-12(9)18/h2-6H,17-18H2,1H3,(H,19,20). The smallest absolute Gasteiger partial charge is 0.257 e. The minimum atomic E-state index is -0.382. The van der Waals surface area contributed by atoms with E-state index in [-0.39, 0.29) is 16.2 Å². The van der Waals surface area contributed by atoms with Gasteiger partial charge in [-0.15, -0.1) is 0 Å². The average Bonchev–Trinajstić information content (AvgIpc) is 2.35. The van der Waals surface area contributed by atoms with Crippen LogP contribution in [0.1, 0.15) is 15.9 Å². The van der Waals surface area contributed by atoms with Crippen molar-refractivity contribution in [3.63, 3.8) is 0 Å². The Morgan fingerprint density at radius 3 is 2.60 bits per heavy atom. The van der Waals surface area contributed by atoms with Crippen LogP contribution in [0.2, 0.25) is 0 Å². The summed E-state index contributed by atoms with van der Waals surface area (Å²) < 4.78 is 13.6. The largest absolute Gasteiger partial charge is 0.399 e. The molecule has 0 aromatic heterocycles. The second-order valence-corrected chi connectivity index (χ2v) is 5.24. The van der Waals surface area contributed by atoms with E-state index in [9.17, 15) is 9.18 Å². The third-order valence-corrected chi connectivity index (χ3v) is 3.44. The van der Waals surface area contributed by atoms with Gasteiger partial charge in [0.2, 0.25) is 0 Å². The molecule has 20 heavy (non-hydrogen) atoms. The summed E-state index contributed by atoms with van der Waals surface area (Å²) in [5, 5.41) is 2.70. The van der Waals surface area contributed by atoms with Crippen molar-refractivity contribution in [2.24, 2.45) is 0 Å². The summed E-state index contributed by atoms with van der Waals surface area (Å²) in [5.41, 5.74) is 13.6. The zero-order chi connectivity index (χ0) is 14.9. The minimum Gasteiger partial charge on any atom is -0.399 e. The van der Waals surface area contributed by atoms with Crippen molar-refractivity contribution < 1.29 is 9.18 Å². The van der Waals surface area contributed by atoms with Crippen LogP contribution >= 0.6 is 15.9 Å².